The van der Waals surface area contributed by atoms with E-state index in [0.717, 1.165) is 38.3 Å². The zero-order chi connectivity index (χ0) is 12.6. The lowest BCUT2D eigenvalue weighted by atomic mass is 10.2. The minimum atomic E-state index is -0.142. The van der Waals surface area contributed by atoms with Crippen LogP contribution in [0.3, 0.4) is 0 Å². The number of hydrogen-bond acceptors (Lipinski definition) is 4. The summed E-state index contributed by atoms with van der Waals surface area (Å²) in [4.78, 5) is 13.9. The second-order valence-electron chi connectivity index (χ2n) is 4.47. The average molecular weight is 248 g/mol. The van der Waals surface area contributed by atoms with Gasteiger partial charge in [-0.05, 0) is 5.56 Å². The Bertz CT molecular complexity index is 361. The van der Waals surface area contributed by atoms with Crippen LogP contribution in [0.5, 0.6) is 0 Å². The quantitative estimate of drug-likeness (QED) is 0.778. The molecule has 98 valence electrons. The summed E-state index contributed by atoms with van der Waals surface area (Å²) < 4.78 is 5.25. The second-order valence-corrected chi connectivity index (χ2v) is 4.47. The van der Waals surface area contributed by atoms with Gasteiger partial charge in [-0.15, -0.1) is 0 Å². The molecule has 2 rings (SSSR count). The first-order valence-electron chi connectivity index (χ1n) is 6.47. The lowest BCUT2D eigenvalue weighted by Crippen LogP contribution is -2.44. The fraction of sp³-hybridized carbons (Fsp3) is 0.500. The summed E-state index contributed by atoms with van der Waals surface area (Å²) in [5.41, 5.74) is 1.00. The molecule has 1 aromatic rings. The van der Waals surface area contributed by atoms with E-state index >= 15 is 0 Å². The molecule has 0 atom stereocenters. The summed E-state index contributed by atoms with van der Waals surface area (Å²) in [6.07, 6.45) is 0.363. The number of benzene rings is 1. The number of piperazine rings is 1. The van der Waals surface area contributed by atoms with Gasteiger partial charge < -0.3 is 10.1 Å². The van der Waals surface area contributed by atoms with E-state index in [-0.39, 0.29) is 5.97 Å². The van der Waals surface area contributed by atoms with Gasteiger partial charge >= 0.3 is 5.97 Å². The number of hydrogen-bond donors (Lipinski definition) is 1. The lowest BCUT2D eigenvalue weighted by Gasteiger charge is -2.26. The van der Waals surface area contributed by atoms with Crippen molar-refractivity contribution in [2.75, 3.05) is 39.3 Å². The van der Waals surface area contributed by atoms with E-state index in [0.29, 0.717) is 13.0 Å². The van der Waals surface area contributed by atoms with Gasteiger partial charge in [-0.3, -0.25) is 9.69 Å². The highest BCUT2D eigenvalue weighted by Gasteiger charge is 2.10. The number of rotatable bonds is 5. The van der Waals surface area contributed by atoms with Crippen LogP contribution in [-0.2, 0) is 16.0 Å². The molecule has 1 aliphatic rings. The second kappa shape index (κ2) is 7.13. The van der Waals surface area contributed by atoms with Gasteiger partial charge in [-0.2, -0.15) is 0 Å². The van der Waals surface area contributed by atoms with Crippen molar-refractivity contribution in [3.63, 3.8) is 0 Å². The molecular weight excluding hydrogens is 228 g/mol. The first-order valence-corrected chi connectivity index (χ1v) is 6.47. The summed E-state index contributed by atoms with van der Waals surface area (Å²) in [5, 5.41) is 3.30. The molecule has 0 bridgehead atoms. The first-order chi connectivity index (χ1) is 8.84. The smallest absolute Gasteiger partial charge is 0.310 e. The number of nitrogens with zero attached hydrogens (tertiary/aromatic N) is 1. The molecule has 4 heteroatoms. The molecule has 4 nitrogen and oxygen atoms in total. The molecule has 0 aliphatic carbocycles. The summed E-state index contributed by atoms with van der Waals surface area (Å²) in [6, 6.07) is 9.70. The molecule has 0 saturated carbocycles. The van der Waals surface area contributed by atoms with Crippen LogP contribution in [-0.4, -0.2) is 50.2 Å². The summed E-state index contributed by atoms with van der Waals surface area (Å²) in [7, 11) is 0. The Morgan fingerprint density at radius 2 is 1.94 bits per heavy atom. The number of carbonyl (C=O) groups excluding carboxylic acids is 1. The molecule has 1 saturated heterocycles. The van der Waals surface area contributed by atoms with Gasteiger partial charge in [0.2, 0.25) is 0 Å². The summed E-state index contributed by atoms with van der Waals surface area (Å²) in [5.74, 6) is -0.142. The van der Waals surface area contributed by atoms with Crippen LogP contribution < -0.4 is 5.32 Å². The molecule has 1 fully saturated rings. The third-order valence-electron chi connectivity index (χ3n) is 3.07. The lowest BCUT2D eigenvalue weighted by molar-refractivity contribution is -0.143. The average Bonchev–Trinajstić information content (AvgIpc) is 2.41. The number of carbonyl (C=O) groups is 1. The van der Waals surface area contributed by atoms with Gasteiger partial charge in [0.1, 0.15) is 6.61 Å². The molecule has 0 aromatic heterocycles. The monoisotopic (exact) mass is 248 g/mol. The molecule has 0 unspecified atom stereocenters. The van der Waals surface area contributed by atoms with E-state index in [9.17, 15) is 4.79 Å². The third-order valence-corrected chi connectivity index (χ3v) is 3.07. The maximum absolute atomic E-state index is 11.6. The fourth-order valence-corrected chi connectivity index (χ4v) is 2.04. The maximum Gasteiger partial charge on any atom is 0.310 e. The van der Waals surface area contributed by atoms with Gasteiger partial charge in [0.25, 0.3) is 0 Å². The van der Waals surface area contributed by atoms with E-state index in [1.54, 1.807) is 0 Å². The Balaban J connectivity index is 1.62. The van der Waals surface area contributed by atoms with Gasteiger partial charge in [0, 0.05) is 32.7 Å². The number of esters is 1. The highest BCUT2D eigenvalue weighted by atomic mass is 16.5. The van der Waals surface area contributed by atoms with Crippen molar-refractivity contribution >= 4 is 5.97 Å². The van der Waals surface area contributed by atoms with E-state index in [1.165, 1.54) is 0 Å². The molecular formula is C14H20N2O2. The van der Waals surface area contributed by atoms with Crippen LogP contribution in [0.25, 0.3) is 0 Å². The van der Waals surface area contributed by atoms with Crippen molar-refractivity contribution in [1.82, 2.24) is 10.2 Å². The number of ether oxygens (including phenoxy) is 1. The van der Waals surface area contributed by atoms with Crippen molar-refractivity contribution in [1.29, 1.82) is 0 Å². The van der Waals surface area contributed by atoms with Gasteiger partial charge in [0.05, 0.1) is 6.42 Å². The van der Waals surface area contributed by atoms with Crippen LogP contribution in [0.15, 0.2) is 30.3 Å². The van der Waals surface area contributed by atoms with Crippen molar-refractivity contribution in [3.05, 3.63) is 35.9 Å². The standard InChI is InChI=1S/C14H20N2O2/c17-14(12-13-4-2-1-3-5-13)18-11-10-16-8-6-15-7-9-16/h1-5,15H,6-12H2. The van der Waals surface area contributed by atoms with Crippen molar-refractivity contribution < 1.29 is 9.53 Å². The molecule has 1 aromatic carbocycles. The molecule has 18 heavy (non-hydrogen) atoms. The summed E-state index contributed by atoms with van der Waals surface area (Å²) >= 11 is 0. The normalized spacial score (nSPS) is 16.4. The zero-order valence-electron chi connectivity index (χ0n) is 10.6. The van der Waals surface area contributed by atoms with Gasteiger partial charge in [-0.1, -0.05) is 30.3 Å². The Kier molecular flexibility index (Phi) is 5.17. The molecule has 1 N–H and O–H groups in total. The third kappa shape index (κ3) is 4.47. The van der Waals surface area contributed by atoms with E-state index in [2.05, 4.69) is 10.2 Å². The highest BCUT2D eigenvalue weighted by molar-refractivity contribution is 5.72. The molecule has 1 aliphatic heterocycles. The van der Waals surface area contributed by atoms with Crippen LogP contribution in [0.1, 0.15) is 5.56 Å². The Morgan fingerprint density at radius 3 is 2.67 bits per heavy atom. The maximum atomic E-state index is 11.6. The van der Waals surface area contributed by atoms with Crippen LogP contribution in [0.2, 0.25) is 0 Å². The van der Waals surface area contributed by atoms with Crippen LogP contribution in [0, 0.1) is 0 Å². The van der Waals surface area contributed by atoms with E-state index < -0.39 is 0 Å². The fourth-order valence-electron chi connectivity index (χ4n) is 2.04. The largest absolute Gasteiger partial charge is 0.464 e. The minimum Gasteiger partial charge on any atom is -0.464 e. The highest BCUT2D eigenvalue weighted by Crippen LogP contribution is 2.01. The predicted octanol–water partition coefficient (Wildman–Crippen LogP) is 0.677. The summed E-state index contributed by atoms with van der Waals surface area (Å²) in [6.45, 7) is 5.45. The van der Waals surface area contributed by atoms with Crippen LogP contribution in [0.4, 0.5) is 0 Å². The van der Waals surface area contributed by atoms with Gasteiger partial charge in [0.15, 0.2) is 0 Å². The predicted molar refractivity (Wildman–Crippen MR) is 70.4 cm³/mol. The van der Waals surface area contributed by atoms with E-state index in [1.807, 2.05) is 30.3 Å². The Labute approximate surface area is 108 Å². The van der Waals surface area contributed by atoms with E-state index in [4.69, 9.17) is 4.74 Å². The minimum absolute atomic E-state index is 0.142. The Morgan fingerprint density at radius 1 is 1.22 bits per heavy atom. The van der Waals surface area contributed by atoms with Crippen molar-refractivity contribution in [3.8, 4) is 0 Å². The topological polar surface area (TPSA) is 41.6 Å². The zero-order valence-corrected chi connectivity index (χ0v) is 10.6. The molecule has 0 spiro atoms. The van der Waals surface area contributed by atoms with Gasteiger partial charge in [-0.25, -0.2) is 0 Å². The van der Waals surface area contributed by atoms with Crippen molar-refractivity contribution in [2.24, 2.45) is 0 Å². The Hall–Kier alpha value is -1.39. The first kappa shape index (κ1) is 13.1. The van der Waals surface area contributed by atoms with Crippen molar-refractivity contribution in [2.45, 2.75) is 6.42 Å². The number of nitrogens with one attached hydrogen (secondary N) is 1. The molecule has 1 heterocycles. The molecule has 0 radical (unpaired) electrons. The van der Waals surface area contributed by atoms with Crippen LogP contribution >= 0.6 is 0 Å². The molecule has 0 amide bonds. The SMILES string of the molecule is O=C(Cc1ccccc1)OCCN1CCNCC1.